The van der Waals surface area contributed by atoms with Crippen molar-refractivity contribution in [3.8, 4) is 11.1 Å². The summed E-state index contributed by atoms with van der Waals surface area (Å²) in [6.45, 7) is 10.1. The van der Waals surface area contributed by atoms with E-state index >= 15 is 0 Å². The van der Waals surface area contributed by atoms with Gasteiger partial charge in [0.15, 0.2) is 0 Å². The molecule has 1 heterocycles. The van der Waals surface area contributed by atoms with Gasteiger partial charge in [0, 0.05) is 36.9 Å². The lowest BCUT2D eigenvalue weighted by Crippen LogP contribution is -2.54. The van der Waals surface area contributed by atoms with Crippen LogP contribution in [0.3, 0.4) is 0 Å². The number of benzene rings is 4. The molecule has 4 aromatic carbocycles. The first-order valence-electron chi connectivity index (χ1n) is 21.9. The minimum absolute atomic E-state index is 0.0217. The van der Waals surface area contributed by atoms with E-state index in [0.717, 1.165) is 33.4 Å². The van der Waals surface area contributed by atoms with Crippen LogP contribution in [-0.2, 0) is 32.1 Å². The van der Waals surface area contributed by atoms with Gasteiger partial charge in [-0.25, -0.2) is 9.78 Å². The highest BCUT2D eigenvalue weighted by molar-refractivity contribution is 7.09. The first-order chi connectivity index (χ1) is 30.3. The largest absolute Gasteiger partial charge is 0.481 e. The fourth-order valence-electron chi connectivity index (χ4n) is 8.36. The molecule has 0 spiro atoms. The van der Waals surface area contributed by atoms with Gasteiger partial charge in [0.2, 0.25) is 5.91 Å². The third-order valence-electron chi connectivity index (χ3n) is 12.2. The van der Waals surface area contributed by atoms with Crippen LogP contribution in [0, 0.1) is 17.8 Å². The number of nitrogens with one attached hydrogen (secondary N) is 2. The van der Waals surface area contributed by atoms with Gasteiger partial charge in [-0.3, -0.25) is 14.4 Å². The van der Waals surface area contributed by atoms with Crippen molar-refractivity contribution >= 4 is 35.2 Å². The number of ether oxygens (including phenoxy) is 2. The van der Waals surface area contributed by atoms with E-state index in [1.165, 1.54) is 11.3 Å². The Balaban J connectivity index is 1.17. The average Bonchev–Trinajstić information content (AvgIpc) is 3.91. The highest BCUT2D eigenvalue weighted by Gasteiger charge is 2.36. The van der Waals surface area contributed by atoms with E-state index in [-0.39, 0.29) is 55.0 Å². The van der Waals surface area contributed by atoms with Crippen molar-refractivity contribution in [3.05, 3.63) is 148 Å². The number of carboxylic acid groups (broad SMARTS) is 1. The molecule has 3 amide bonds. The smallest absolute Gasteiger partial charge is 0.407 e. The number of hydrogen-bond donors (Lipinski definition) is 3. The normalized spacial score (nSPS) is 15.0. The lowest BCUT2D eigenvalue weighted by Gasteiger charge is -2.37. The van der Waals surface area contributed by atoms with Crippen LogP contribution in [0.1, 0.15) is 104 Å². The van der Waals surface area contributed by atoms with Crippen molar-refractivity contribution in [3.63, 3.8) is 0 Å². The van der Waals surface area contributed by atoms with Crippen LogP contribution in [-0.4, -0.2) is 70.6 Å². The Morgan fingerprint density at radius 1 is 0.794 bits per heavy atom. The lowest BCUT2D eigenvalue weighted by molar-refractivity contribution is -0.141. The molecular formula is C51H60N4O7S. The molecule has 3 N–H and O–H groups in total. The van der Waals surface area contributed by atoms with Crippen molar-refractivity contribution in [2.45, 2.75) is 97.1 Å². The fourth-order valence-corrected chi connectivity index (χ4v) is 9.22. The number of carbonyl (C=O) groups is 4. The first kappa shape index (κ1) is 46.6. The third-order valence-corrected chi connectivity index (χ3v) is 13.1. The zero-order valence-corrected chi connectivity index (χ0v) is 37.8. The SMILES string of the molecule is CCC(C)C(NC(=O)OCC1c2ccccc2-c2ccccc21)C(=O)N(C)C(CC(OCc1ccccc1)c1nc(C(=O)NC(Cc2ccccc2)CC(C)C(=O)O)cs1)C(C)C. The molecule has 6 rings (SSSR count). The van der Waals surface area contributed by atoms with E-state index in [1.807, 2.05) is 113 Å². The molecule has 332 valence electrons. The Hall–Kier alpha value is -5.85. The number of rotatable bonds is 21. The predicted octanol–water partition coefficient (Wildman–Crippen LogP) is 9.68. The van der Waals surface area contributed by atoms with Gasteiger partial charge in [0.25, 0.3) is 5.91 Å². The van der Waals surface area contributed by atoms with Crippen molar-refractivity contribution < 1.29 is 33.8 Å². The van der Waals surface area contributed by atoms with E-state index in [0.29, 0.717) is 24.3 Å². The number of carbonyl (C=O) groups excluding carboxylic acids is 3. The maximum absolute atomic E-state index is 14.6. The second-order valence-corrected chi connectivity index (χ2v) is 17.9. The number of aromatic nitrogens is 1. The molecule has 0 saturated carbocycles. The number of hydrogen-bond acceptors (Lipinski definition) is 8. The molecule has 12 heteroatoms. The van der Waals surface area contributed by atoms with Gasteiger partial charge in [-0.2, -0.15) is 0 Å². The molecule has 0 bridgehead atoms. The second kappa shape index (κ2) is 22.0. The summed E-state index contributed by atoms with van der Waals surface area (Å²) >= 11 is 1.31. The molecule has 6 atom stereocenters. The Morgan fingerprint density at radius 2 is 1.38 bits per heavy atom. The van der Waals surface area contributed by atoms with Crippen LogP contribution in [0.5, 0.6) is 0 Å². The Morgan fingerprint density at radius 3 is 1.97 bits per heavy atom. The van der Waals surface area contributed by atoms with Crippen LogP contribution in [0.2, 0.25) is 0 Å². The van der Waals surface area contributed by atoms with Crippen molar-refractivity contribution in [1.29, 1.82) is 0 Å². The van der Waals surface area contributed by atoms with Gasteiger partial charge in [-0.15, -0.1) is 11.3 Å². The van der Waals surface area contributed by atoms with Gasteiger partial charge in [-0.05, 0) is 58.1 Å². The van der Waals surface area contributed by atoms with Crippen LogP contribution < -0.4 is 10.6 Å². The molecule has 63 heavy (non-hydrogen) atoms. The van der Waals surface area contributed by atoms with Crippen LogP contribution in [0.4, 0.5) is 4.79 Å². The van der Waals surface area contributed by atoms with E-state index in [4.69, 9.17) is 14.5 Å². The van der Waals surface area contributed by atoms with E-state index < -0.39 is 42.1 Å². The molecule has 0 aliphatic heterocycles. The Bertz CT molecular complexity index is 2260. The molecule has 6 unspecified atom stereocenters. The summed E-state index contributed by atoms with van der Waals surface area (Å²) in [5, 5.41) is 17.9. The van der Waals surface area contributed by atoms with E-state index in [2.05, 4.69) is 34.9 Å². The van der Waals surface area contributed by atoms with Crippen LogP contribution >= 0.6 is 11.3 Å². The molecule has 0 radical (unpaired) electrons. The van der Waals surface area contributed by atoms with Gasteiger partial charge in [-0.1, -0.05) is 150 Å². The number of carboxylic acids is 1. The van der Waals surface area contributed by atoms with Crippen molar-refractivity contribution in [1.82, 2.24) is 20.5 Å². The van der Waals surface area contributed by atoms with Gasteiger partial charge in [0.05, 0.1) is 12.5 Å². The molecule has 11 nitrogen and oxygen atoms in total. The zero-order chi connectivity index (χ0) is 45.0. The molecule has 0 saturated heterocycles. The van der Waals surface area contributed by atoms with Gasteiger partial charge >= 0.3 is 12.1 Å². The second-order valence-electron chi connectivity index (χ2n) is 17.0. The molecule has 1 aromatic heterocycles. The van der Waals surface area contributed by atoms with Crippen molar-refractivity contribution in [2.24, 2.45) is 17.8 Å². The summed E-state index contributed by atoms with van der Waals surface area (Å²) < 4.78 is 12.5. The van der Waals surface area contributed by atoms with Gasteiger partial charge in [0.1, 0.15) is 29.5 Å². The van der Waals surface area contributed by atoms with Crippen LogP contribution in [0.25, 0.3) is 11.1 Å². The Kier molecular flexibility index (Phi) is 16.3. The number of likely N-dealkylation sites (N-methyl/N-ethyl adjacent to an activating group) is 1. The maximum Gasteiger partial charge on any atom is 0.407 e. The topological polar surface area (TPSA) is 147 Å². The molecule has 5 aromatic rings. The van der Waals surface area contributed by atoms with E-state index in [1.54, 1.807) is 24.3 Å². The molecule has 0 fully saturated rings. The quantitative estimate of drug-likeness (QED) is 0.0661. The van der Waals surface area contributed by atoms with Crippen LogP contribution in [0.15, 0.2) is 115 Å². The fraction of sp³-hybridized carbons (Fsp3) is 0.392. The lowest BCUT2D eigenvalue weighted by atomic mass is 9.93. The average molecular weight is 873 g/mol. The number of alkyl carbamates (subject to hydrolysis) is 1. The summed E-state index contributed by atoms with van der Waals surface area (Å²) in [4.78, 5) is 60.2. The monoisotopic (exact) mass is 872 g/mol. The summed E-state index contributed by atoms with van der Waals surface area (Å²) in [6.07, 6.45) is 0.490. The number of fused-ring (bicyclic) bond motifs is 3. The van der Waals surface area contributed by atoms with Gasteiger partial charge < -0.3 is 30.1 Å². The van der Waals surface area contributed by atoms with Crippen molar-refractivity contribution in [2.75, 3.05) is 13.7 Å². The minimum Gasteiger partial charge on any atom is -0.481 e. The zero-order valence-electron chi connectivity index (χ0n) is 37.0. The van der Waals surface area contributed by atoms with E-state index in [9.17, 15) is 24.3 Å². The third kappa shape index (κ3) is 12.0. The summed E-state index contributed by atoms with van der Waals surface area (Å²) in [5.41, 5.74) is 6.63. The summed E-state index contributed by atoms with van der Waals surface area (Å²) in [5.74, 6) is -2.56. The molecule has 1 aliphatic rings. The minimum atomic E-state index is -0.927. The number of amides is 3. The molecular weight excluding hydrogens is 813 g/mol. The summed E-state index contributed by atoms with van der Waals surface area (Å²) in [7, 11) is 1.77. The number of aliphatic carboxylic acids is 1. The number of thiazole rings is 1. The highest BCUT2D eigenvalue weighted by atomic mass is 32.1. The number of nitrogens with zero attached hydrogens (tertiary/aromatic N) is 2. The predicted molar refractivity (Wildman–Crippen MR) is 246 cm³/mol. The standard InChI is InChI=1S/C51H60N4O7S/c1-7-33(4)46(54-51(60)62-30-42-40-24-16-14-22-38(40)39-23-15-17-25-41(39)42)49(57)55(6)44(32(2)3)28-45(61-29-36-20-12-9-13-21-36)48-53-43(31-63-48)47(56)52-37(26-34(5)50(58)59)27-35-18-10-8-11-19-35/h8-25,31-34,37,42,44-46H,7,26-30H2,1-6H3,(H,52,56)(H,54,60)(H,58,59). The maximum atomic E-state index is 14.6. The molecule has 1 aliphatic carbocycles. The first-order valence-corrected chi connectivity index (χ1v) is 22.8. The summed E-state index contributed by atoms with van der Waals surface area (Å²) in [6, 6.07) is 34.1. The Labute approximate surface area is 375 Å². The highest BCUT2D eigenvalue weighted by Crippen LogP contribution is 2.44.